The number of carbonyl (C=O) groups is 1. The number of rotatable bonds is 6. The van der Waals surface area contributed by atoms with Gasteiger partial charge in [-0.3, -0.25) is 0 Å². The molecule has 4 nitrogen and oxygen atoms in total. The van der Waals surface area contributed by atoms with Crippen molar-refractivity contribution in [2.75, 3.05) is 6.61 Å². The Labute approximate surface area is 191 Å². The van der Waals surface area contributed by atoms with E-state index in [-0.39, 0.29) is 17.9 Å². The fourth-order valence-electron chi connectivity index (χ4n) is 3.50. The van der Waals surface area contributed by atoms with Crippen LogP contribution in [0.2, 0.25) is 0 Å². The highest BCUT2D eigenvalue weighted by Gasteiger charge is 2.43. The first-order valence-corrected chi connectivity index (χ1v) is 10.9. The summed E-state index contributed by atoms with van der Waals surface area (Å²) in [6.45, 7) is 1.78. The van der Waals surface area contributed by atoms with Gasteiger partial charge in [0.15, 0.2) is 0 Å². The maximum Gasteiger partial charge on any atom is 0.343 e. The molecule has 1 aliphatic rings. The van der Waals surface area contributed by atoms with Gasteiger partial charge in [-0.1, -0.05) is 109 Å². The highest BCUT2D eigenvalue weighted by Crippen LogP contribution is 2.37. The second kappa shape index (κ2) is 9.46. The molecule has 0 atom stereocenters. The largest absolute Gasteiger partial charge is 0.692 e. The van der Waals surface area contributed by atoms with Gasteiger partial charge in [0, 0.05) is 0 Å². The third kappa shape index (κ3) is 4.69. The summed E-state index contributed by atoms with van der Waals surface area (Å²) in [5.74, 6) is -0.308. The van der Waals surface area contributed by atoms with Crippen molar-refractivity contribution in [3.63, 3.8) is 0 Å². The highest BCUT2D eigenvalue weighted by molar-refractivity contribution is 6.98. The van der Waals surface area contributed by atoms with Crippen molar-refractivity contribution in [3.05, 3.63) is 72.0 Å². The molecule has 30 heavy (non-hydrogen) atoms. The van der Waals surface area contributed by atoms with Crippen molar-refractivity contribution >= 4 is 63.9 Å². The van der Waals surface area contributed by atoms with Crippen LogP contribution in [0.5, 0.6) is 0 Å². The van der Waals surface area contributed by atoms with Crippen LogP contribution in [0.15, 0.2) is 76.9 Å². The molecular formula is C22H22BCl3NO3-. The van der Waals surface area contributed by atoms with Gasteiger partial charge in [0.2, 0.25) is 3.79 Å². The number of allylic oxidation sites excluding steroid dienone is 1. The van der Waals surface area contributed by atoms with E-state index in [4.69, 9.17) is 49.1 Å². The van der Waals surface area contributed by atoms with Crippen molar-refractivity contribution in [1.29, 1.82) is 0 Å². The van der Waals surface area contributed by atoms with E-state index in [1.165, 1.54) is 0 Å². The molecule has 0 bridgehead atoms. The van der Waals surface area contributed by atoms with Gasteiger partial charge in [-0.25, -0.2) is 4.79 Å². The Morgan fingerprint density at radius 3 is 2.03 bits per heavy atom. The zero-order valence-corrected chi connectivity index (χ0v) is 19.0. The average molecular weight is 466 g/mol. The van der Waals surface area contributed by atoms with Crippen molar-refractivity contribution < 1.29 is 14.2 Å². The molecule has 0 N–H and O–H groups in total. The van der Waals surface area contributed by atoms with Crippen LogP contribution in [0.1, 0.15) is 26.7 Å². The summed E-state index contributed by atoms with van der Waals surface area (Å²) in [5, 5.41) is 0. The molecule has 0 amide bonds. The van der Waals surface area contributed by atoms with Gasteiger partial charge in [-0.05, 0) is 13.3 Å². The number of ether oxygens (including phenoxy) is 1. The number of carbonyl (C=O) groups excluding carboxylic acids is 1. The molecule has 0 spiro atoms. The fourth-order valence-corrected chi connectivity index (χ4v) is 3.93. The van der Waals surface area contributed by atoms with Crippen molar-refractivity contribution in [2.24, 2.45) is 4.90 Å². The third-order valence-electron chi connectivity index (χ3n) is 4.95. The third-order valence-corrected chi connectivity index (χ3v) is 5.49. The Bertz CT molecular complexity index is 917. The number of alkyl halides is 3. The normalized spacial score (nSPS) is 16.0. The van der Waals surface area contributed by atoms with Crippen LogP contribution in [-0.4, -0.2) is 28.6 Å². The van der Waals surface area contributed by atoms with Gasteiger partial charge in [-0.15, -0.1) is 10.9 Å². The van der Waals surface area contributed by atoms with Gasteiger partial charge in [0.1, 0.15) is 5.57 Å². The number of esters is 1. The second-order valence-corrected chi connectivity index (χ2v) is 9.36. The molecule has 1 heterocycles. The first-order valence-electron chi connectivity index (χ1n) is 9.79. The predicted molar refractivity (Wildman–Crippen MR) is 125 cm³/mol. The van der Waals surface area contributed by atoms with Crippen molar-refractivity contribution in [2.45, 2.75) is 30.5 Å². The van der Waals surface area contributed by atoms with E-state index in [1.807, 2.05) is 67.6 Å². The van der Waals surface area contributed by atoms with Crippen molar-refractivity contribution in [3.8, 4) is 0 Å². The van der Waals surface area contributed by atoms with Crippen LogP contribution in [0.25, 0.3) is 0 Å². The van der Waals surface area contributed by atoms with Gasteiger partial charge in [-0.2, -0.15) is 0 Å². The lowest BCUT2D eigenvalue weighted by molar-refractivity contribution is -0.138. The average Bonchev–Trinajstić information content (AvgIpc) is 2.73. The Morgan fingerprint density at radius 2 is 1.57 bits per heavy atom. The van der Waals surface area contributed by atoms with Crippen LogP contribution >= 0.6 is 34.8 Å². The summed E-state index contributed by atoms with van der Waals surface area (Å²) in [5.41, 5.74) is 1.67. The monoisotopic (exact) mass is 464 g/mol. The number of benzene rings is 2. The number of hydrogen-bond donors (Lipinski definition) is 0. The van der Waals surface area contributed by atoms with E-state index in [2.05, 4.69) is 0 Å². The molecule has 2 aromatic rings. The summed E-state index contributed by atoms with van der Waals surface area (Å²) in [6, 6.07) is 19.0. The molecule has 0 saturated carbocycles. The predicted octanol–water partition coefficient (Wildman–Crippen LogP) is 4.70. The van der Waals surface area contributed by atoms with E-state index >= 15 is 0 Å². The fraction of sp³-hybridized carbons (Fsp3) is 0.273. The maximum atomic E-state index is 12.8. The van der Waals surface area contributed by atoms with E-state index in [9.17, 15) is 4.79 Å². The van der Waals surface area contributed by atoms with Crippen LogP contribution < -0.4 is 10.9 Å². The van der Waals surface area contributed by atoms with Crippen LogP contribution in [0, 0.1) is 0 Å². The lowest BCUT2D eigenvalue weighted by atomic mass is 9.42. The zero-order valence-electron chi connectivity index (χ0n) is 16.8. The molecule has 0 radical (unpaired) electrons. The molecule has 0 unspecified atom stereocenters. The first-order chi connectivity index (χ1) is 14.3. The van der Waals surface area contributed by atoms with Gasteiger partial charge < -0.3 is 14.3 Å². The molecule has 8 heteroatoms. The van der Waals surface area contributed by atoms with E-state index < -0.39 is 16.2 Å². The smallest absolute Gasteiger partial charge is 0.343 e. The van der Waals surface area contributed by atoms with Gasteiger partial charge in [0.25, 0.3) is 0 Å². The minimum Gasteiger partial charge on any atom is -0.692 e. The summed E-state index contributed by atoms with van der Waals surface area (Å²) >= 11 is 18.9. The minimum atomic E-state index is -2.17. The Balaban J connectivity index is 2.18. The Hall–Kier alpha value is -1.95. The Morgan fingerprint density at radius 1 is 1.03 bits per heavy atom. The molecule has 0 saturated heterocycles. The summed E-state index contributed by atoms with van der Waals surface area (Å²) in [6.07, 6.45) is 1.63. The standard InChI is InChI=1S/C22H22BCl3NO3/c1-3-4-15-29-21(28)19-16(2)30-23(17-11-7-5-8-12-17,18-13-9-6-10-14-18)27-20(19)22(24,25)26/h5-14H,3-4,15H2,1-2H3/q-1. The lowest BCUT2D eigenvalue weighted by Gasteiger charge is -2.45. The molecule has 0 aliphatic carbocycles. The number of unbranched alkanes of at least 4 members (excludes halogenated alkanes) is 1. The summed E-state index contributed by atoms with van der Waals surface area (Å²) in [7, 11) is 0. The molecule has 0 aromatic heterocycles. The van der Waals surface area contributed by atoms with E-state index in [0.717, 1.165) is 23.8 Å². The SMILES string of the molecule is CCCCOC(=O)C1=C(C)O[B-](c2ccccc2)(c2ccccc2)N=C1C(Cl)(Cl)Cl. The highest BCUT2D eigenvalue weighted by atomic mass is 35.6. The van der Waals surface area contributed by atoms with Crippen LogP contribution in [0.4, 0.5) is 0 Å². The van der Waals surface area contributed by atoms with E-state index in [0.29, 0.717) is 5.76 Å². The Kier molecular flexibility index (Phi) is 7.17. The van der Waals surface area contributed by atoms with Gasteiger partial charge in [0.05, 0.1) is 18.1 Å². The minimum absolute atomic E-state index is 0.0189. The second-order valence-electron chi connectivity index (χ2n) is 7.08. The molecule has 3 rings (SSSR count). The zero-order chi connectivity index (χ0) is 21.8. The first kappa shape index (κ1) is 22.7. The van der Waals surface area contributed by atoms with Gasteiger partial charge >= 0.3 is 12.5 Å². The number of nitrogens with zero attached hydrogens (tertiary/aromatic N) is 1. The molecule has 0 fully saturated rings. The molecule has 158 valence electrons. The quantitative estimate of drug-likeness (QED) is 0.269. The lowest BCUT2D eigenvalue weighted by Crippen LogP contribution is -2.62. The summed E-state index contributed by atoms with van der Waals surface area (Å²) in [4.78, 5) is 17.6. The van der Waals surface area contributed by atoms with Crippen LogP contribution in [0.3, 0.4) is 0 Å². The molecular weight excluding hydrogens is 443 g/mol. The maximum absolute atomic E-state index is 12.8. The molecule has 1 aliphatic heterocycles. The molecule has 2 aromatic carbocycles. The van der Waals surface area contributed by atoms with E-state index in [1.54, 1.807) is 6.92 Å². The number of hydrogen-bond acceptors (Lipinski definition) is 4. The van der Waals surface area contributed by atoms with Crippen LogP contribution in [-0.2, 0) is 14.2 Å². The number of halogens is 3. The topological polar surface area (TPSA) is 47.9 Å². The summed E-state index contributed by atoms with van der Waals surface area (Å²) < 4.78 is 9.82. The van der Waals surface area contributed by atoms with Crippen molar-refractivity contribution in [1.82, 2.24) is 0 Å².